The molecule has 0 saturated carbocycles. The summed E-state index contributed by atoms with van der Waals surface area (Å²) < 4.78 is 5.12. The van der Waals surface area contributed by atoms with Gasteiger partial charge in [-0.2, -0.15) is 0 Å². The van der Waals surface area contributed by atoms with E-state index in [1.807, 2.05) is 12.1 Å². The van der Waals surface area contributed by atoms with E-state index in [-0.39, 0.29) is 11.9 Å². The maximum absolute atomic E-state index is 12.8. The van der Waals surface area contributed by atoms with Crippen molar-refractivity contribution < 1.29 is 14.3 Å². The fourth-order valence-electron chi connectivity index (χ4n) is 3.32. The molecule has 1 saturated heterocycles. The lowest BCUT2D eigenvalue weighted by Crippen LogP contribution is -2.45. The molecule has 0 aliphatic carbocycles. The molecule has 0 spiro atoms. The number of likely N-dealkylation sites (tertiary alicyclic amines) is 1. The number of nitrogens with zero attached hydrogens (tertiary/aromatic N) is 3. The first-order valence-corrected chi connectivity index (χ1v) is 10.8. The van der Waals surface area contributed by atoms with Crippen molar-refractivity contribution in [3.8, 4) is 16.3 Å². The molecule has 31 heavy (non-hydrogen) atoms. The highest BCUT2D eigenvalue weighted by Gasteiger charge is 2.34. The molecule has 1 aromatic heterocycles. The molecule has 2 N–H and O–H groups in total. The molecule has 10 heteroatoms. The molecule has 3 aromatic rings. The zero-order valence-corrected chi connectivity index (χ0v) is 18.2. The van der Waals surface area contributed by atoms with E-state index < -0.39 is 6.04 Å². The average molecular weight is 458 g/mol. The second kappa shape index (κ2) is 9.32. The van der Waals surface area contributed by atoms with Crippen molar-refractivity contribution in [2.24, 2.45) is 0 Å². The molecule has 8 nitrogen and oxygen atoms in total. The fourth-order valence-corrected chi connectivity index (χ4v) is 4.20. The summed E-state index contributed by atoms with van der Waals surface area (Å²) in [5, 5.41) is 15.5. The van der Waals surface area contributed by atoms with Crippen LogP contribution in [0, 0.1) is 0 Å². The highest BCUT2D eigenvalue weighted by atomic mass is 35.5. The van der Waals surface area contributed by atoms with Crippen molar-refractivity contribution in [1.82, 2.24) is 15.1 Å². The van der Waals surface area contributed by atoms with Crippen molar-refractivity contribution >= 4 is 45.7 Å². The van der Waals surface area contributed by atoms with Crippen molar-refractivity contribution in [2.45, 2.75) is 18.9 Å². The Kier molecular flexibility index (Phi) is 6.34. The quantitative estimate of drug-likeness (QED) is 0.588. The zero-order chi connectivity index (χ0) is 21.8. The average Bonchev–Trinajstić information content (AvgIpc) is 3.45. The van der Waals surface area contributed by atoms with E-state index in [0.717, 1.165) is 12.0 Å². The molecule has 0 bridgehead atoms. The van der Waals surface area contributed by atoms with Gasteiger partial charge >= 0.3 is 6.03 Å². The molecule has 3 amide bonds. The van der Waals surface area contributed by atoms with Crippen LogP contribution >= 0.6 is 22.9 Å². The first kappa shape index (κ1) is 21.1. The number of hydrogen-bond acceptors (Lipinski definition) is 6. The number of nitrogens with one attached hydrogen (secondary N) is 2. The molecule has 1 aliphatic heterocycles. The molecule has 160 valence electrons. The summed E-state index contributed by atoms with van der Waals surface area (Å²) in [5.74, 6) is 0.424. The van der Waals surface area contributed by atoms with Crippen molar-refractivity contribution in [3.63, 3.8) is 0 Å². The Bertz CT molecular complexity index is 1070. The van der Waals surface area contributed by atoms with E-state index in [0.29, 0.717) is 39.6 Å². The number of methoxy groups -OCH3 is 1. The Hall–Kier alpha value is -3.17. The van der Waals surface area contributed by atoms with Gasteiger partial charge in [-0.05, 0) is 49.2 Å². The predicted molar refractivity (Wildman–Crippen MR) is 121 cm³/mol. The molecular formula is C21H20ClN5O3S. The van der Waals surface area contributed by atoms with Crippen molar-refractivity contribution in [3.05, 3.63) is 53.6 Å². The number of amides is 3. The van der Waals surface area contributed by atoms with E-state index >= 15 is 0 Å². The third-order valence-electron chi connectivity index (χ3n) is 4.90. The van der Waals surface area contributed by atoms with E-state index in [9.17, 15) is 9.59 Å². The van der Waals surface area contributed by atoms with Crippen molar-refractivity contribution in [1.29, 1.82) is 0 Å². The highest BCUT2D eigenvalue weighted by molar-refractivity contribution is 7.18. The maximum atomic E-state index is 12.8. The van der Waals surface area contributed by atoms with Crippen LogP contribution in [0.5, 0.6) is 5.75 Å². The van der Waals surface area contributed by atoms with Crippen LogP contribution in [0.2, 0.25) is 5.02 Å². The molecule has 1 fully saturated rings. The van der Waals surface area contributed by atoms with Crippen LogP contribution in [0.15, 0.2) is 48.5 Å². The number of carbonyl (C=O) groups is 2. The van der Waals surface area contributed by atoms with Gasteiger partial charge in [0.2, 0.25) is 11.0 Å². The molecule has 0 radical (unpaired) electrons. The third kappa shape index (κ3) is 4.95. The van der Waals surface area contributed by atoms with Crippen LogP contribution in [0.25, 0.3) is 10.6 Å². The topological polar surface area (TPSA) is 96.5 Å². The van der Waals surface area contributed by atoms with E-state index in [1.54, 1.807) is 48.4 Å². The molecule has 1 atom stereocenters. The summed E-state index contributed by atoms with van der Waals surface area (Å²) in [6.07, 6.45) is 1.34. The Balaban J connectivity index is 1.39. The van der Waals surface area contributed by atoms with Gasteiger partial charge in [0.05, 0.1) is 7.11 Å². The number of rotatable bonds is 5. The lowest BCUT2D eigenvalue weighted by Gasteiger charge is -2.23. The van der Waals surface area contributed by atoms with Gasteiger partial charge in [0.15, 0.2) is 0 Å². The minimum absolute atomic E-state index is 0.277. The Morgan fingerprint density at radius 3 is 2.55 bits per heavy atom. The fraction of sp³-hybridized carbons (Fsp3) is 0.238. The Morgan fingerprint density at radius 2 is 1.84 bits per heavy atom. The lowest BCUT2D eigenvalue weighted by molar-refractivity contribution is -0.119. The SMILES string of the molecule is COc1ccc(NC(=O)N2CCCC2C(=O)Nc2nnc(-c3ccc(Cl)cc3)s2)cc1. The van der Waals surface area contributed by atoms with Crippen LogP contribution in [-0.4, -0.2) is 46.7 Å². The summed E-state index contributed by atoms with van der Waals surface area (Å²) in [5.41, 5.74) is 1.50. The van der Waals surface area contributed by atoms with Gasteiger partial charge in [-0.1, -0.05) is 35.1 Å². The number of halogens is 1. The monoisotopic (exact) mass is 457 g/mol. The van der Waals surface area contributed by atoms with Gasteiger partial charge in [0, 0.05) is 22.8 Å². The summed E-state index contributed by atoms with van der Waals surface area (Å²) in [4.78, 5) is 27.1. The largest absolute Gasteiger partial charge is 0.497 e. The van der Waals surface area contributed by atoms with Gasteiger partial charge in [0.1, 0.15) is 16.8 Å². The number of hydrogen-bond donors (Lipinski definition) is 2. The Morgan fingerprint density at radius 1 is 1.10 bits per heavy atom. The molecule has 1 unspecified atom stereocenters. The highest BCUT2D eigenvalue weighted by Crippen LogP contribution is 2.28. The summed E-state index contributed by atoms with van der Waals surface area (Å²) in [6, 6.07) is 13.4. The second-order valence-corrected chi connectivity index (χ2v) is 8.33. The summed E-state index contributed by atoms with van der Waals surface area (Å²) in [7, 11) is 1.58. The van der Waals surface area contributed by atoms with Crippen LogP contribution in [-0.2, 0) is 4.79 Å². The summed E-state index contributed by atoms with van der Waals surface area (Å²) >= 11 is 7.18. The number of anilines is 2. The van der Waals surface area contributed by atoms with E-state index in [1.165, 1.54) is 11.3 Å². The van der Waals surface area contributed by atoms with Gasteiger partial charge in [-0.25, -0.2) is 4.79 Å². The molecule has 1 aliphatic rings. The number of ether oxygens (including phenoxy) is 1. The molecule has 4 rings (SSSR count). The second-order valence-electron chi connectivity index (χ2n) is 6.92. The standard InChI is InChI=1S/C21H20ClN5O3S/c1-30-16-10-8-15(9-11-16)23-21(29)27-12-2-3-17(27)18(28)24-20-26-25-19(31-20)13-4-6-14(22)7-5-13/h4-11,17H,2-3,12H2,1H3,(H,23,29)(H,24,26,28). The number of carbonyl (C=O) groups excluding carboxylic acids is 2. The van der Waals surface area contributed by atoms with Gasteiger partial charge < -0.3 is 15.0 Å². The number of urea groups is 1. The van der Waals surface area contributed by atoms with Crippen molar-refractivity contribution in [2.75, 3.05) is 24.3 Å². The number of benzene rings is 2. The first-order chi connectivity index (χ1) is 15.0. The van der Waals surface area contributed by atoms with Crippen LogP contribution < -0.4 is 15.4 Å². The molecular weight excluding hydrogens is 438 g/mol. The normalized spacial score (nSPS) is 15.5. The summed E-state index contributed by atoms with van der Waals surface area (Å²) in [6.45, 7) is 0.506. The molecule has 2 heterocycles. The van der Waals surface area contributed by atoms with Gasteiger partial charge in [-0.15, -0.1) is 10.2 Å². The van der Waals surface area contributed by atoms with Crippen LogP contribution in [0.4, 0.5) is 15.6 Å². The third-order valence-corrected chi connectivity index (χ3v) is 6.04. The smallest absolute Gasteiger partial charge is 0.322 e. The van der Waals surface area contributed by atoms with Gasteiger partial charge in [0.25, 0.3) is 0 Å². The first-order valence-electron chi connectivity index (χ1n) is 9.65. The van der Waals surface area contributed by atoms with Crippen LogP contribution in [0.3, 0.4) is 0 Å². The van der Waals surface area contributed by atoms with Crippen LogP contribution in [0.1, 0.15) is 12.8 Å². The minimum atomic E-state index is -0.568. The van der Waals surface area contributed by atoms with E-state index in [4.69, 9.17) is 16.3 Å². The number of aromatic nitrogens is 2. The maximum Gasteiger partial charge on any atom is 0.322 e. The lowest BCUT2D eigenvalue weighted by atomic mass is 10.2. The Labute approximate surface area is 188 Å². The predicted octanol–water partition coefficient (Wildman–Crippen LogP) is 4.50. The minimum Gasteiger partial charge on any atom is -0.497 e. The molecule has 2 aromatic carbocycles. The zero-order valence-electron chi connectivity index (χ0n) is 16.7. The van der Waals surface area contributed by atoms with E-state index in [2.05, 4.69) is 20.8 Å². The van der Waals surface area contributed by atoms with Gasteiger partial charge in [-0.3, -0.25) is 10.1 Å².